The smallest absolute Gasteiger partial charge is 0.251 e. The second kappa shape index (κ2) is 9.72. The van der Waals surface area contributed by atoms with Crippen molar-refractivity contribution in [2.75, 3.05) is 13.1 Å². The number of carbonyl (C=O) groups excluding carboxylic acids is 2. The van der Waals surface area contributed by atoms with Crippen molar-refractivity contribution in [3.8, 4) is 11.3 Å². The van der Waals surface area contributed by atoms with E-state index >= 15 is 0 Å². The predicted molar refractivity (Wildman–Crippen MR) is 114 cm³/mol. The minimum absolute atomic E-state index is 0.0226. The molecule has 6 nitrogen and oxygen atoms in total. The quantitative estimate of drug-likeness (QED) is 0.631. The number of nitrogens with one attached hydrogen (secondary N) is 1. The molecule has 1 aliphatic rings. The van der Waals surface area contributed by atoms with Crippen LogP contribution in [0.3, 0.4) is 0 Å². The maximum absolute atomic E-state index is 13.9. The summed E-state index contributed by atoms with van der Waals surface area (Å²) in [5.41, 5.74) is 0.743. The number of nitrogens with zero attached hydrogens (tertiary/aromatic N) is 2. The number of amides is 2. The number of hydrogen-bond acceptors (Lipinski definition) is 4. The number of halogens is 2. The Balaban J connectivity index is 1.24. The van der Waals surface area contributed by atoms with Gasteiger partial charge in [-0.3, -0.25) is 9.59 Å². The zero-order valence-corrected chi connectivity index (χ0v) is 17.4. The van der Waals surface area contributed by atoms with Crippen LogP contribution in [0.1, 0.15) is 35.5 Å². The first kappa shape index (κ1) is 21.7. The van der Waals surface area contributed by atoms with E-state index in [4.69, 9.17) is 4.42 Å². The Morgan fingerprint density at radius 1 is 1.09 bits per heavy atom. The van der Waals surface area contributed by atoms with Crippen LogP contribution in [0.15, 0.2) is 59.1 Å². The average molecular weight is 439 g/mol. The molecule has 3 aromatic rings. The minimum Gasteiger partial charge on any atom is -0.441 e. The van der Waals surface area contributed by atoms with Crippen LogP contribution in [0, 0.1) is 11.6 Å². The molecule has 0 spiro atoms. The van der Waals surface area contributed by atoms with Gasteiger partial charge in [0.2, 0.25) is 5.91 Å². The summed E-state index contributed by atoms with van der Waals surface area (Å²) in [5, 5.41) is 3.02. The lowest BCUT2D eigenvalue weighted by atomic mass is 10.0. The Kier molecular flexibility index (Phi) is 6.58. The normalized spacial score (nSPS) is 14.4. The Labute approximate surface area is 184 Å². The number of hydrogen-bond donors (Lipinski definition) is 1. The van der Waals surface area contributed by atoms with Crippen molar-refractivity contribution in [2.24, 2.45) is 0 Å². The van der Waals surface area contributed by atoms with E-state index in [0.29, 0.717) is 37.4 Å². The number of carbonyl (C=O) groups is 2. The highest BCUT2D eigenvalue weighted by molar-refractivity contribution is 5.94. The van der Waals surface area contributed by atoms with Gasteiger partial charge in [-0.25, -0.2) is 13.8 Å². The Hall–Kier alpha value is -3.55. The van der Waals surface area contributed by atoms with E-state index in [0.717, 1.165) is 12.1 Å². The second-order valence-corrected chi connectivity index (χ2v) is 7.74. The molecule has 0 unspecified atom stereocenters. The van der Waals surface area contributed by atoms with Crippen LogP contribution in [0.4, 0.5) is 8.78 Å². The van der Waals surface area contributed by atoms with Gasteiger partial charge >= 0.3 is 0 Å². The standard InChI is InChI=1S/C24H23F2N3O3/c25-17-6-7-19(20(26)14-17)21-15-27-22(32-21)8-9-23(30)29-12-10-18(11-13-29)28-24(31)16-4-2-1-3-5-16/h1-7,14-15,18H,8-13H2,(H,28,31). The van der Waals surface area contributed by atoms with Gasteiger partial charge in [0.15, 0.2) is 11.7 Å². The van der Waals surface area contributed by atoms with Gasteiger partial charge in [0.25, 0.3) is 5.91 Å². The van der Waals surface area contributed by atoms with Crippen molar-refractivity contribution < 1.29 is 22.8 Å². The number of rotatable bonds is 6. The van der Waals surface area contributed by atoms with Gasteiger partial charge < -0.3 is 14.6 Å². The lowest BCUT2D eigenvalue weighted by Gasteiger charge is -2.32. The van der Waals surface area contributed by atoms with Crippen molar-refractivity contribution in [3.63, 3.8) is 0 Å². The number of piperidine rings is 1. The molecular weight excluding hydrogens is 416 g/mol. The summed E-state index contributed by atoms with van der Waals surface area (Å²) >= 11 is 0. The first-order valence-corrected chi connectivity index (χ1v) is 10.5. The molecule has 0 saturated carbocycles. The lowest BCUT2D eigenvalue weighted by molar-refractivity contribution is -0.132. The monoisotopic (exact) mass is 439 g/mol. The third-order valence-corrected chi connectivity index (χ3v) is 5.52. The van der Waals surface area contributed by atoms with Crippen molar-refractivity contribution in [2.45, 2.75) is 31.7 Å². The zero-order chi connectivity index (χ0) is 22.5. The molecule has 0 atom stereocenters. The first-order valence-electron chi connectivity index (χ1n) is 10.5. The second-order valence-electron chi connectivity index (χ2n) is 7.74. The summed E-state index contributed by atoms with van der Waals surface area (Å²) in [7, 11) is 0. The van der Waals surface area contributed by atoms with E-state index in [1.54, 1.807) is 17.0 Å². The molecule has 0 bridgehead atoms. The highest BCUT2D eigenvalue weighted by Crippen LogP contribution is 2.24. The number of aromatic nitrogens is 1. The molecule has 4 rings (SSSR count). The molecule has 2 amide bonds. The summed E-state index contributed by atoms with van der Waals surface area (Å²) in [5.74, 6) is -1.01. The molecule has 2 heterocycles. The predicted octanol–water partition coefficient (Wildman–Crippen LogP) is 3.97. The van der Waals surface area contributed by atoms with E-state index in [-0.39, 0.29) is 42.0 Å². The fraction of sp³-hybridized carbons (Fsp3) is 0.292. The molecule has 1 saturated heterocycles. The highest BCUT2D eigenvalue weighted by Gasteiger charge is 2.24. The third kappa shape index (κ3) is 5.19. The lowest BCUT2D eigenvalue weighted by Crippen LogP contribution is -2.46. The summed E-state index contributed by atoms with van der Waals surface area (Å²) < 4.78 is 32.5. The van der Waals surface area contributed by atoms with Gasteiger partial charge in [-0.2, -0.15) is 0 Å². The van der Waals surface area contributed by atoms with Crippen molar-refractivity contribution in [1.29, 1.82) is 0 Å². The van der Waals surface area contributed by atoms with Crippen molar-refractivity contribution in [3.05, 3.63) is 77.8 Å². The van der Waals surface area contributed by atoms with Crippen LogP contribution in [0.2, 0.25) is 0 Å². The number of aryl methyl sites for hydroxylation is 1. The maximum Gasteiger partial charge on any atom is 0.251 e. The molecule has 0 aliphatic carbocycles. The molecule has 32 heavy (non-hydrogen) atoms. The zero-order valence-electron chi connectivity index (χ0n) is 17.4. The van der Waals surface area contributed by atoms with Crippen LogP contribution in [0.25, 0.3) is 11.3 Å². The molecular formula is C24H23F2N3O3. The Morgan fingerprint density at radius 2 is 1.84 bits per heavy atom. The van der Waals surface area contributed by atoms with Gasteiger partial charge in [-0.1, -0.05) is 18.2 Å². The number of oxazole rings is 1. The molecule has 1 N–H and O–H groups in total. The van der Waals surface area contributed by atoms with Gasteiger partial charge in [0, 0.05) is 43.6 Å². The van der Waals surface area contributed by atoms with E-state index < -0.39 is 11.6 Å². The third-order valence-electron chi connectivity index (χ3n) is 5.52. The summed E-state index contributed by atoms with van der Waals surface area (Å²) in [4.78, 5) is 30.7. The van der Waals surface area contributed by atoms with E-state index in [1.807, 2.05) is 18.2 Å². The van der Waals surface area contributed by atoms with Crippen LogP contribution in [-0.2, 0) is 11.2 Å². The first-order chi connectivity index (χ1) is 15.5. The topological polar surface area (TPSA) is 75.4 Å². The summed E-state index contributed by atoms with van der Waals surface area (Å²) in [6.07, 6.45) is 3.25. The van der Waals surface area contributed by atoms with Crippen LogP contribution in [0.5, 0.6) is 0 Å². The van der Waals surface area contributed by atoms with Crippen LogP contribution in [-0.4, -0.2) is 40.8 Å². The molecule has 8 heteroatoms. The highest BCUT2D eigenvalue weighted by atomic mass is 19.1. The van der Waals surface area contributed by atoms with Gasteiger partial charge in [0.1, 0.15) is 11.6 Å². The molecule has 0 radical (unpaired) electrons. The SMILES string of the molecule is O=C(NC1CCN(C(=O)CCc2ncc(-c3ccc(F)cc3F)o2)CC1)c1ccccc1. The number of likely N-dealkylation sites (tertiary alicyclic amines) is 1. The molecule has 1 aromatic heterocycles. The Bertz CT molecular complexity index is 1090. The summed E-state index contributed by atoms with van der Waals surface area (Å²) in [6.45, 7) is 1.13. The van der Waals surface area contributed by atoms with Gasteiger partial charge in [0.05, 0.1) is 11.8 Å². The van der Waals surface area contributed by atoms with E-state index in [9.17, 15) is 18.4 Å². The number of benzene rings is 2. The fourth-order valence-electron chi connectivity index (χ4n) is 3.74. The molecule has 1 fully saturated rings. The molecule has 2 aromatic carbocycles. The molecule has 1 aliphatic heterocycles. The fourth-order valence-corrected chi connectivity index (χ4v) is 3.74. The Morgan fingerprint density at radius 3 is 2.56 bits per heavy atom. The van der Waals surface area contributed by atoms with Crippen molar-refractivity contribution >= 4 is 11.8 Å². The minimum atomic E-state index is -0.731. The average Bonchev–Trinajstić information content (AvgIpc) is 3.27. The van der Waals surface area contributed by atoms with Gasteiger partial charge in [-0.05, 0) is 37.1 Å². The maximum atomic E-state index is 13.9. The molecule has 166 valence electrons. The van der Waals surface area contributed by atoms with E-state index in [2.05, 4.69) is 10.3 Å². The largest absolute Gasteiger partial charge is 0.441 e. The van der Waals surface area contributed by atoms with Crippen LogP contribution >= 0.6 is 0 Å². The van der Waals surface area contributed by atoms with Crippen LogP contribution < -0.4 is 5.32 Å². The van der Waals surface area contributed by atoms with Gasteiger partial charge in [-0.15, -0.1) is 0 Å². The summed E-state index contributed by atoms with van der Waals surface area (Å²) in [6, 6.07) is 12.3. The van der Waals surface area contributed by atoms with E-state index in [1.165, 1.54) is 12.3 Å². The van der Waals surface area contributed by atoms with Crippen molar-refractivity contribution in [1.82, 2.24) is 15.2 Å².